The molecule has 2 aromatic rings. The van der Waals surface area contributed by atoms with Crippen molar-refractivity contribution < 1.29 is 4.84 Å². The van der Waals surface area contributed by atoms with Gasteiger partial charge in [0.05, 0.1) is 6.21 Å². The molecule has 0 aliphatic carbocycles. The molecule has 2 rings (SSSR count). The normalized spacial score (nSPS) is 11.2. The fourth-order valence-corrected chi connectivity index (χ4v) is 1.61. The van der Waals surface area contributed by atoms with Gasteiger partial charge >= 0.3 is 0 Å². The van der Waals surface area contributed by atoms with Gasteiger partial charge in [-0.15, -0.1) is 0 Å². The number of oxime groups is 1. The van der Waals surface area contributed by atoms with Gasteiger partial charge in [-0.05, 0) is 29.3 Å². The predicted molar refractivity (Wildman–Crippen MR) is 80.5 cm³/mol. The quantitative estimate of drug-likeness (QED) is 0.449. The van der Waals surface area contributed by atoms with Gasteiger partial charge in [0.15, 0.2) is 0 Å². The van der Waals surface area contributed by atoms with Crippen molar-refractivity contribution in [2.75, 3.05) is 6.61 Å². The molecule has 0 fully saturated rings. The van der Waals surface area contributed by atoms with E-state index in [1.807, 2.05) is 66.7 Å². The largest absolute Gasteiger partial charge is 0.392 e. The molecule has 0 aliphatic rings. The Morgan fingerprint density at radius 1 is 0.947 bits per heavy atom. The van der Waals surface area contributed by atoms with E-state index in [9.17, 15) is 0 Å². The maximum atomic E-state index is 5.79. The van der Waals surface area contributed by atoms with E-state index in [4.69, 9.17) is 16.4 Å². The van der Waals surface area contributed by atoms with Crippen LogP contribution in [0.15, 0.2) is 65.8 Å². The number of benzene rings is 2. The third kappa shape index (κ3) is 4.98. The fraction of sp³-hybridized carbons (Fsp3) is 0.0625. The minimum atomic E-state index is 0.443. The van der Waals surface area contributed by atoms with Crippen molar-refractivity contribution in [2.24, 2.45) is 5.16 Å². The Labute approximate surface area is 118 Å². The second-order valence-corrected chi connectivity index (χ2v) is 4.33. The summed E-state index contributed by atoms with van der Waals surface area (Å²) in [5, 5.41) is 4.60. The summed E-state index contributed by atoms with van der Waals surface area (Å²) >= 11 is 5.79. The fourth-order valence-electron chi connectivity index (χ4n) is 1.48. The highest BCUT2D eigenvalue weighted by molar-refractivity contribution is 6.30. The van der Waals surface area contributed by atoms with Crippen LogP contribution < -0.4 is 0 Å². The van der Waals surface area contributed by atoms with Gasteiger partial charge in [-0.1, -0.05) is 65.3 Å². The third-order valence-corrected chi connectivity index (χ3v) is 2.68. The molecule has 0 amide bonds. The molecule has 2 nitrogen and oxygen atoms in total. The molecule has 0 radical (unpaired) electrons. The first-order valence-corrected chi connectivity index (χ1v) is 6.35. The zero-order valence-electron chi connectivity index (χ0n) is 10.4. The second kappa shape index (κ2) is 7.39. The van der Waals surface area contributed by atoms with Crippen molar-refractivity contribution in [3.05, 3.63) is 76.8 Å². The molecule has 3 heteroatoms. The van der Waals surface area contributed by atoms with E-state index in [2.05, 4.69) is 5.16 Å². The molecule has 0 heterocycles. The lowest BCUT2D eigenvalue weighted by Crippen LogP contribution is -1.85. The molecule has 0 unspecified atom stereocenters. The van der Waals surface area contributed by atoms with Crippen LogP contribution in [-0.2, 0) is 4.84 Å². The molecule has 0 spiro atoms. The zero-order valence-corrected chi connectivity index (χ0v) is 11.1. The first-order chi connectivity index (χ1) is 9.34. The van der Waals surface area contributed by atoms with Crippen LogP contribution in [0.1, 0.15) is 11.1 Å². The van der Waals surface area contributed by atoms with E-state index in [-0.39, 0.29) is 0 Å². The molecule has 0 N–H and O–H groups in total. The Morgan fingerprint density at radius 3 is 2.42 bits per heavy atom. The van der Waals surface area contributed by atoms with Crippen LogP contribution in [0.5, 0.6) is 0 Å². The minimum absolute atomic E-state index is 0.443. The van der Waals surface area contributed by atoms with Crippen LogP contribution in [0.2, 0.25) is 5.02 Å². The molecule has 0 bridgehead atoms. The van der Waals surface area contributed by atoms with Crippen molar-refractivity contribution in [3.8, 4) is 0 Å². The molecule has 0 saturated heterocycles. The Morgan fingerprint density at radius 2 is 1.68 bits per heavy atom. The number of halogens is 1. The molecule has 19 heavy (non-hydrogen) atoms. The summed E-state index contributed by atoms with van der Waals surface area (Å²) in [6, 6.07) is 17.5. The molecule has 96 valence electrons. The number of nitrogens with zero attached hydrogens (tertiary/aromatic N) is 1. The number of hydrogen-bond donors (Lipinski definition) is 0. The molecule has 0 aromatic heterocycles. The highest BCUT2D eigenvalue weighted by Gasteiger charge is 1.88. The monoisotopic (exact) mass is 271 g/mol. The Balaban J connectivity index is 1.75. The highest BCUT2D eigenvalue weighted by Crippen LogP contribution is 2.07. The summed E-state index contributed by atoms with van der Waals surface area (Å²) in [6.07, 6.45) is 5.58. The average Bonchev–Trinajstić information content (AvgIpc) is 2.46. The van der Waals surface area contributed by atoms with Crippen LogP contribution >= 0.6 is 11.6 Å². The lowest BCUT2D eigenvalue weighted by molar-refractivity contribution is 0.177. The van der Waals surface area contributed by atoms with E-state index in [1.54, 1.807) is 6.21 Å². The van der Waals surface area contributed by atoms with E-state index in [1.165, 1.54) is 0 Å². The van der Waals surface area contributed by atoms with E-state index in [0.29, 0.717) is 11.6 Å². The Kier molecular flexibility index (Phi) is 5.20. The summed E-state index contributed by atoms with van der Waals surface area (Å²) in [6.45, 7) is 0.443. The van der Waals surface area contributed by atoms with E-state index >= 15 is 0 Å². The topological polar surface area (TPSA) is 21.6 Å². The number of rotatable bonds is 5. The van der Waals surface area contributed by atoms with Crippen LogP contribution in [0.25, 0.3) is 6.08 Å². The molecular formula is C16H14ClNO. The smallest absolute Gasteiger partial charge is 0.135 e. The zero-order chi connectivity index (χ0) is 13.3. The maximum absolute atomic E-state index is 5.79. The standard InChI is InChI=1S/C16H14ClNO/c17-16-10-8-15(9-11-16)13-18-19-12-4-7-14-5-2-1-3-6-14/h1-11,13H,12H2/b7-4+,18-13+. The second-order valence-electron chi connectivity index (χ2n) is 3.89. The van der Waals surface area contributed by atoms with Gasteiger partial charge in [0.25, 0.3) is 0 Å². The van der Waals surface area contributed by atoms with Crippen molar-refractivity contribution in [2.45, 2.75) is 0 Å². The van der Waals surface area contributed by atoms with Crippen LogP contribution in [0.3, 0.4) is 0 Å². The lowest BCUT2D eigenvalue weighted by atomic mass is 10.2. The predicted octanol–water partition coefficient (Wildman–Crippen LogP) is 4.40. The van der Waals surface area contributed by atoms with Crippen molar-refractivity contribution in [3.63, 3.8) is 0 Å². The van der Waals surface area contributed by atoms with Crippen molar-refractivity contribution in [1.82, 2.24) is 0 Å². The van der Waals surface area contributed by atoms with Gasteiger partial charge in [-0.2, -0.15) is 0 Å². The van der Waals surface area contributed by atoms with E-state index < -0.39 is 0 Å². The van der Waals surface area contributed by atoms with Gasteiger partial charge in [-0.25, -0.2) is 0 Å². The van der Waals surface area contributed by atoms with Gasteiger partial charge in [0.1, 0.15) is 6.61 Å². The molecule has 0 atom stereocenters. The Bertz CT molecular complexity index is 547. The maximum Gasteiger partial charge on any atom is 0.135 e. The summed E-state index contributed by atoms with van der Waals surface area (Å²) in [7, 11) is 0. The Hall–Kier alpha value is -2.06. The first-order valence-electron chi connectivity index (χ1n) is 5.97. The number of hydrogen-bond acceptors (Lipinski definition) is 2. The summed E-state index contributed by atoms with van der Waals surface area (Å²) < 4.78 is 0. The highest BCUT2D eigenvalue weighted by atomic mass is 35.5. The van der Waals surface area contributed by atoms with Gasteiger partial charge in [0.2, 0.25) is 0 Å². The van der Waals surface area contributed by atoms with Crippen molar-refractivity contribution >= 4 is 23.9 Å². The average molecular weight is 272 g/mol. The van der Waals surface area contributed by atoms with Crippen LogP contribution in [-0.4, -0.2) is 12.8 Å². The summed E-state index contributed by atoms with van der Waals surface area (Å²) in [5.41, 5.74) is 2.10. The molecule has 0 aliphatic heterocycles. The first kappa shape index (κ1) is 13.4. The molecule has 0 saturated carbocycles. The molecule has 2 aromatic carbocycles. The van der Waals surface area contributed by atoms with Crippen LogP contribution in [0.4, 0.5) is 0 Å². The third-order valence-electron chi connectivity index (χ3n) is 2.43. The summed E-state index contributed by atoms with van der Waals surface area (Å²) in [5.74, 6) is 0. The van der Waals surface area contributed by atoms with Gasteiger partial charge in [-0.3, -0.25) is 0 Å². The summed E-state index contributed by atoms with van der Waals surface area (Å²) in [4.78, 5) is 5.14. The SMILES string of the molecule is Clc1ccc(/C=N/OC/C=C/c2ccccc2)cc1. The van der Waals surface area contributed by atoms with Gasteiger partial charge < -0.3 is 4.84 Å². The molecular weight excluding hydrogens is 258 g/mol. The minimum Gasteiger partial charge on any atom is -0.392 e. The lowest BCUT2D eigenvalue weighted by Gasteiger charge is -1.95. The van der Waals surface area contributed by atoms with Gasteiger partial charge in [0, 0.05) is 5.02 Å². The van der Waals surface area contributed by atoms with E-state index in [0.717, 1.165) is 11.1 Å². The van der Waals surface area contributed by atoms with Crippen molar-refractivity contribution in [1.29, 1.82) is 0 Å². The van der Waals surface area contributed by atoms with Crippen LogP contribution in [0, 0.1) is 0 Å².